The first kappa shape index (κ1) is 21.7. The molecule has 2 atom stereocenters. The van der Waals surface area contributed by atoms with Crippen molar-refractivity contribution in [2.75, 3.05) is 29.9 Å². The van der Waals surface area contributed by atoms with Crippen LogP contribution in [-0.2, 0) is 6.18 Å². The van der Waals surface area contributed by atoms with E-state index in [1.54, 1.807) is 30.2 Å². The molecule has 0 saturated carbocycles. The van der Waals surface area contributed by atoms with Crippen molar-refractivity contribution < 1.29 is 13.2 Å². The van der Waals surface area contributed by atoms with Gasteiger partial charge < -0.3 is 20.4 Å². The predicted molar refractivity (Wildman–Crippen MR) is 115 cm³/mol. The molecule has 3 heterocycles. The molecule has 166 valence electrons. The van der Waals surface area contributed by atoms with Gasteiger partial charge in [0.15, 0.2) is 5.79 Å². The number of alkyl halides is 3. The van der Waals surface area contributed by atoms with E-state index in [-0.39, 0.29) is 0 Å². The molecule has 2 aliphatic heterocycles. The molecule has 0 bridgehead atoms. The number of hydrogen-bond acceptors (Lipinski definition) is 6. The maximum absolute atomic E-state index is 13.0. The third-order valence-corrected chi connectivity index (χ3v) is 6.38. The Morgan fingerprint density at radius 2 is 1.87 bits per heavy atom. The zero-order valence-electron chi connectivity index (χ0n) is 17.2. The van der Waals surface area contributed by atoms with E-state index in [1.165, 1.54) is 12.1 Å². The summed E-state index contributed by atoms with van der Waals surface area (Å²) in [4.78, 5) is 10.2. The van der Waals surface area contributed by atoms with Gasteiger partial charge in [0.1, 0.15) is 12.0 Å². The van der Waals surface area contributed by atoms with Crippen LogP contribution in [0, 0.1) is 0 Å². The van der Waals surface area contributed by atoms with E-state index in [0.717, 1.165) is 23.4 Å². The van der Waals surface area contributed by atoms with E-state index < -0.39 is 23.7 Å². The van der Waals surface area contributed by atoms with Gasteiger partial charge in [0.05, 0.1) is 17.1 Å². The summed E-state index contributed by atoms with van der Waals surface area (Å²) in [6.45, 7) is 2.99. The molecular weight excluding hydrogens is 429 g/mol. The fraction of sp³-hybridized carbons (Fsp3) is 0.381. The van der Waals surface area contributed by atoms with Crippen molar-refractivity contribution >= 4 is 23.1 Å². The van der Waals surface area contributed by atoms with Crippen molar-refractivity contribution in [1.29, 1.82) is 0 Å². The molecule has 0 radical (unpaired) electrons. The first-order valence-corrected chi connectivity index (χ1v) is 10.2. The first-order chi connectivity index (χ1) is 14.5. The van der Waals surface area contributed by atoms with Crippen LogP contribution < -0.4 is 21.3 Å². The molecule has 2 aliphatic rings. The molecule has 2 unspecified atom stereocenters. The summed E-state index contributed by atoms with van der Waals surface area (Å²) in [5.74, 6) is -0.365. The molecule has 0 amide bonds. The number of rotatable bonds is 2. The zero-order chi connectivity index (χ0) is 22.6. The maximum Gasteiger partial charge on any atom is 0.416 e. The quantitative estimate of drug-likeness (QED) is 0.725. The number of anilines is 2. The molecule has 0 spiro atoms. The number of benzene rings is 1. The van der Waals surface area contributed by atoms with Gasteiger partial charge in [0.25, 0.3) is 0 Å². The molecule has 6 nitrogen and oxygen atoms in total. The van der Waals surface area contributed by atoms with E-state index in [4.69, 9.17) is 23.1 Å². The van der Waals surface area contributed by atoms with Crippen LogP contribution in [0.25, 0.3) is 0 Å². The van der Waals surface area contributed by atoms with Crippen LogP contribution in [-0.4, -0.2) is 42.0 Å². The summed E-state index contributed by atoms with van der Waals surface area (Å²) in [7, 11) is 1.86. The smallest absolute Gasteiger partial charge is 0.349 e. The molecule has 0 aliphatic carbocycles. The van der Waals surface area contributed by atoms with Gasteiger partial charge >= 0.3 is 6.18 Å². The minimum absolute atomic E-state index is 0.527. The van der Waals surface area contributed by atoms with Gasteiger partial charge in [-0.1, -0.05) is 11.6 Å². The SMILES string of the molecule is CN1C2=C(CCN(c3ncccc3Cl)C2)C(N)N(c2ccc(C(F)(F)F)cc2)C1(C)N. The number of pyridine rings is 1. The summed E-state index contributed by atoms with van der Waals surface area (Å²) in [6, 6.07) is 8.50. The number of nitrogens with two attached hydrogens (primary N) is 2. The van der Waals surface area contributed by atoms with Crippen molar-refractivity contribution in [2.24, 2.45) is 11.5 Å². The molecule has 1 aromatic carbocycles. The Kier molecular flexibility index (Phi) is 5.31. The van der Waals surface area contributed by atoms with Gasteiger partial charge in [-0.2, -0.15) is 13.2 Å². The van der Waals surface area contributed by atoms with Crippen molar-refractivity contribution in [1.82, 2.24) is 9.88 Å². The van der Waals surface area contributed by atoms with Gasteiger partial charge in [-0.3, -0.25) is 5.73 Å². The third-order valence-electron chi connectivity index (χ3n) is 6.08. The van der Waals surface area contributed by atoms with E-state index in [9.17, 15) is 13.2 Å². The second-order valence-corrected chi connectivity index (χ2v) is 8.37. The Hall–Kier alpha value is -2.49. The highest BCUT2D eigenvalue weighted by Crippen LogP contribution is 2.40. The fourth-order valence-corrected chi connectivity index (χ4v) is 4.54. The number of halogens is 4. The highest BCUT2D eigenvalue weighted by Gasteiger charge is 2.45. The predicted octanol–water partition coefficient (Wildman–Crippen LogP) is 3.59. The van der Waals surface area contributed by atoms with E-state index in [0.29, 0.717) is 36.0 Å². The zero-order valence-corrected chi connectivity index (χ0v) is 18.0. The van der Waals surface area contributed by atoms with Gasteiger partial charge in [0.2, 0.25) is 0 Å². The molecule has 4 N–H and O–H groups in total. The third kappa shape index (κ3) is 3.71. The van der Waals surface area contributed by atoms with Crippen LogP contribution in [0.2, 0.25) is 5.02 Å². The van der Waals surface area contributed by atoms with Gasteiger partial charge in [-0.15, -0.1) is 0 Å². The lowest BCUT2D eigenvalue weighted by Gasteiger charge is -2.56. The second-order valence-electron chi connectivity index (χ2n) is 7.96. The van der Waals surface area contributed by atoms with Crippen molar-refractivity contribution in [3.8, 4) is 0 Å². The summed E-state index contributed by atoms with van der Waals surface area (Å²) < 4.78 is 38.9. The highest BCUT2D eigenvalue weighted by atomic mass is 35.5. The Morgan fingerprint density at radius 3 is 2.48 bits per heavy atom. The topological polar surface area (TPSA) is 74.7 Å². The molecule has 4 rings (SSSR count). The van der Waals surface area contributed by atoms with Crippen molar-refractivity contribution in [3.05, 3.63) is 64.5 Å². The Balaban J connectivity index is 1.68. The van der Waals surface area contributed by atoms with E-state index in [2.05, 4.69) is 9.88 Å². The molecule has 1 aromatic heterocycles. The van der Waals surface area contributed by atoms with E-state index >= 15 is 0 Å². The minimum Gasteiger partial charge on any atom is -0.349 e. The Labute approximate surface area is 183 Å². The lowest BCUT2D eigenvalue weighted by atomic mass is 9.94. The minimum atomic E-state index is -4.40. The summed E-state index contributed by atoms with van der Waals surface area (Å²) in [5.41, 5.74) is 15.1. The molecule has 0 fully saturated rings. The van der Waals surface area contributed by atoms with Crippen LogP contribution >= 0.6 is 11.6 Å². The normalized spacial score (nSPS) is 24.5. The summed E-state index contributed by atoms with van der Waals surface area (Å²) in [6.07, 6.45) is -2.62. The standard InChI is InChI=1S/C21H24ClF3N6/c1-20(27)29(2)17-12-30(19-16(22)4-3-10-28-19)11-9-15(17)18(26)31(20)14-7-5-13(6-8-14)21(23,24)25/h3-8,10,18H,9,11-12,26-27H2,1-2H3. The lowest BCUT2D eigenvalue weighted by Crippen LogP contribution is -2.72. The summed E-state index contributed by atoms with van der Waals surface area (Å²) in [5, 5.41) is 0.566. The molecule has 10 heteroatoms. The van der Waals surface area contributed by atoms with E-state index in [1.807, 2.05) is 11.9 Å². The lowest BCUT2D eigenvalue weighted by molar-refractivity contribution is -0.137. The van der Waals surface area contributed by atoms with Crippen LogP contribution in [0.1, 0.15) is 18.9 Å². The average molecular weight is 453 g/mol. The number of nitrogens with zero attached hydrogens (tertiary/aromatic N) is 4. The van der Waals surface area contributed by atoms with Gasteiger partial charge in [-0.25, -0.2) is 4.98 Å². The molecule has 2 aromatic rings. The number of likely N-dealkylation sites (N-methyl/N-ethyl adjacent to an activating group) is 1. The van der Waals surface area contributed by atoms with Crippen molar-refractivity contribution in [3.63, 3.8) is 0 Å². The van der Waals surface area contributed by atoms with Crippen molar-refractivity contribution in [2.45, 2.75) is 31.5 Å². The van der Waals surface area contributed by atoms with Crippen LogP contribution in [0.4, 0.5) is 24.7 Å². The second kappa shape index (κ2) is 7.58. The molecule has 31 heavy (non-hydrogen) atoms. The largest absolute Gasteiger partial charge is 0.416 e. The Bertz CT molecular complexity index is 1000. The average Bonchev–Trinajstić information content (AvgIpc) is 2.72. The highest BCUT2D eigenvalue weighted by molar-refractivity contribution is 6.32. The first-order valence-electron chi connectivity index (χ1n) is 9.84. The maximum atomic E-state index is 13.0. The molecule has 0 saturated heterocycles. The van der Waals surface area contributed by atoms with Crippen LogP contribution in [0.5, 0.6) is 0 Å². The van der Waals surface area contributed by atoms with Crippen LogP contribution in [0.3, 0.4) is 0 Å². The number of hydrogen-bond donors (Lipinski definition) is 2. The summed E-state index contributed by atoms with van der Waals surface area (Å²) >= 11 is 6.33. The van der Waals surface area contributed by atoms with Crippen LogP contribution in [0.15, 0.2) is 53.9 Å². The van der Waals surface area contributed by atoms with Gasteiger partial charge in [0, 0.05) is 31.2 Å². The number of aromatic nitrogens is 1. The van der Waals surface area contributed by atoms with Gasteiger partial charge in [-0.05, 0) is 55.3 Å². The Morgan fingerprint density at radius 1 is 1.19 bits per heavy atom. The fourth-order valence-electron chi connectivity index (χ4n) is 4.30. The molecular formula is C21H24ClF3N6. The monoisotopic (exact) mass is 452 g/mol.